The molecule has 0 aliphatic rings. The van der Waals surface area contributed by atoms with Crippen LogP contribution in [0.25, 0.3) is 111 Å². The Morgan fingerprint density at radius 3 is 1.58 bits per heavy atom. The number of anilines is 3. The van der Waals surface area contributed by atoms with Gasteiger partial charge >= 0.3 is 0 Å². The average molecular weight is 797 g/mol. The van der Waals surface area contributed by atoms with Gasteiger partial charge in [0.25, 0.3) is 0 Å². The lowest BCUT2D eigenvalue weighted by Gasteiger charge is -2.26. The summed E-state index contributed by atoms with van der Waals surface area (Å²) >= 11 is 0. The molecule has 0 amide bonds. The lowest BCUT2D eigenvalue weighted by Crippen LogP contribution is -2.10. The first-order chi connectivity index (χ1) is 30.7. The Labute approximate surface area is 353 Å². The third kappa shape index (κ3) is 5.35. The van der Waals surface area contributed by atoms with Crippen LogP contribution in [0, 0.1) is 0 Å². The second-order valence-corrected chi connectivity index (χ2v) is 15.5. The molecule has 7 heteroatoms. The fraction of sp³-hybridized carbons (Fsp3) is 0. The zero-order valence-corrected chi connectivity index (χ0v) is 33.0. The van der Waals surface area contributed by atoms with E-state index in [2.05, 4.69) is 120 Å². The highest BCUT2D eigenvalue weighted by Gasteiger charge is 2.25. The number of hydrogen-bond donors (Lipinski definition) is 0. The minimum atomic E-state index is 0.515. The normalized spacial score (nSPS) is 11.9. The van der Waals surface area contributed by atoms with Crippen molar-refractivity contribution in [3.05, 3.63) is 194 Å². The maximum Gasteiger partial charge on any atom is 0.164 e. The monoisotopic (exact) mass is 796 g/mol. The number of fused-ring (bicyclic) bond motifs is 10. The van der Waals surface area contributed by atoms with Crippen molar-refractivity contribution < 1.29 is 13.3 Å². The van der Waals surface area contributed by atoms with Crippen molar-refractivity contribution in [1.82, 2.24) is 15.0 Å². The molecule has 0 aliphatic heterocycles. The van der Waals surface area contributed by atoms with E-state index in [1.807, 2.05) is 78.9 Å². The molecule has 0 unspecified atom stereocenters. The predicted molar refractivity (Wildman–Crippen MR) is 250 cm³/mol. The molecule has 0 spiro atoms. The molecule has 13 aromatic rings. The van der Waals surface area contributed by atoms with Crippen LogP contribution in [0.4, 0.5) is 17.1 Å². The minimum Gasteiger partial charge on any atom is -0.456 e. The maximum atomic E-state index is 6.76. The molecular formula is C55H32N4O3. The lowest BCUT2D eigenvalue weighted by atomic mass is 10.0. The summed E-state index contributed by atoms with van der Waals surface area (Å²) in [5, 5.41) is 8.12. The molecule has 0 atom stereocenters. The van der Waals surface area contributed by atoms with Crippen molar-refractivity contribution in [2.24, 2.45) is 0 Å². The zero-order valence-electron chi connectivity index (χ0n) is 33.0. The molecule has 290 valence electrons. The Morgan fingerprint density at radius 1 is 0.323 bits per heavy atom. The van der Waals surface area contributed by atoms with Crippen LogP contribution in [0.5, 0.6) is 0 Å². The summed E-state index contributed by atoms with van der Waals surface area (Å²) in [5.41, 5.74) is 10.0. The topological polar surface area (TPSA) is 81.3 Å². The second kappa shape index (κ2) is 13.5. The molecule has 4 aromatic heterocycles. The molecule has 9 aromatic carbocycles. The van der Waals surface area contributed by atoms with E-state index in [0.29, 0.717) is 23.1 Å². The third-order valence-electron chi connectivity index (χ3n) is 11.9. The highest BCUT2D eigenvalue weighted by atomic mass is 16.3. The van der Waals surface area contributed by atoms with Crippen LogP contribution in [-0.4, -0.2) is 15.0 Å². The number of nitrogens with zero attached hydrogens (tertiary/aromatic N) is 4. The van der Waals surface area contributed by atoms with E-state index in [1.54, 1.807) is 0 Å². The summed E-state index contributed by atoms with van der Waals surface area (Å²) in [6.07, 6.45) is 0. The molecule has 0 saturated heterocycles. The molecule has 0 aliphatic carbocycles. The average Bonchev–Trinajstić information content (AvgIpc) is 4.03. The fourth-order valence-electron chi connectivity index (χ4n) is 9.13. The van der Waals surface area contributed by atoms with Gasteiger partial charge in [-0.05, 0) is 71.4 Å². The van der Waals surface area contributed by atoms with Gasteiger partial charge in [0.05, 0.1) is 16.8 Å². The van der Waals surface area contributed by atoms with Gasteiger partial charge in [0.1, 0.15) is 33.5 Å². The van der Waals surface area contributed by atoms with Gasteiger partial charge in [0.2, 0.25) is 0 Å². The maximum absolute atomic E-state index is 6.76. The first-order valence-corrected chi connectivity index (χ1v) is 20.6. The van der Waals surface area contributed by atoms with Crippen LogP contribution in [0.3, 0.4) is 0 Å². The minimum absolute atomic E-state index is 0.515. The van der Waals surface area contributed by atoms with E-state index in [0.717, 1.165) is 105 Å². The summed E-state index contributed by atoms with van der Waals surface area (Å²) in [4.78, 5) is 18.3. The quantitative estimate of drug-likeness (QED) is 0.166. The molecular weight excluding hydrogens is 765 g/mol. The fourth-order valence-corrected chi connectivity index (χ4v) is 9.13. The zero-order chi connectivity index (χ0) is 40.7. The number of hydrogen-bond acceptors (Lipinski definition) is 7. The first-order valence-electron chi connectivity index (χ1n) is 20.6. The Kier molecular flexibility index (Phi) is 7.47. The van der Waals surface area contributed by atoms with Gasteiger partial charge < -0.3 is 18.2 Å². The predicted octanol–water partition coefficient (Wildman–Crippen LogP) is 15.2. The van der Waals surface area contributed by atoms with Gasteiger partial charge in [-0.25, -0.2) is 15.0 Å². The Hall–Kier alpha value is -8.55. The summed E-state index contributed by atoms with van der Waals surface area (Å²) in [6.45, 7) is 0. The summed E-state index contributed by atoms with van der Waals surface area (Å²) in [5.74, 6) is 1.61. The molecule has 0 fully saturated rings. The van der Waals surface area contributed by atoms with Crippen LogP contribution >= 0.6 is 0 Å². The number of aromatic nitrogens is 3. The Balaban J connectivity index is 1.13. The van der Waals surface area contributed by atoms with Gasteiger partial charge in [-0.2, -0.15) is 0 Å². The molecule has 4 heterocycles. The van der Waals surface area contributed by atoms with Crippen LogP contribution in [0.15, 0.2) is 207 Å². The molecule has 0 N–H and O–H groups in total. The van der Waals surface area contributed by atoms with Crippen molar-refractivity contribution in [1.29, 1.82) is 0 Å². The van der Waals surface area contributed by atoms with E-state index in [1.165, 1.54) is 0 Å². The molecule has 0 saturated carbocycles. The first kappa shape index (κ1) is 34.3. The number of rotatable bonds is 6. The summed E-state index contributed by atoms with van der Waals surface area (Å²) in [6, 6.07) is 66.2. The van der Waals surface area contributed by atoms with E-state index in [-0.39, 0.29) is 0 Å². The molecule has 13 rings (SSSR count). The van der Waals surface area contributed by atoms with E-state index in [9.17, 15) is 0 Å². The number of para-hydroxylation sites is 4. The van der Waals surface area contributed by atoms with Gasteiger partial charge in [0.15, 0.2) is 17.5 Å². The molecule has 0 radical (unpaired) electrons. The van der Waals surface area contributed by atoms with Crippen LogP contribution in [0.2, 0.25) is 0 Å². The van der Waals surface area contributed by atoms with Crippen molar-refractivity contribution >= 4 is 93.7 Å². The van der Waals surface area contributed by atoms with Crippen molar-refractivity contribution in [3.63, 3.8) is 0 Å². The largest absolute Gasteiger partial charge is 0.456 e. The van der Waals surface area contributed by atoms with Gasteiger partial charge in [-0.3, -0.25) is 0 Å². The smallest absolute Gasteiger partial charge is 0.164 e. The molecule has 0 bridgehead atoms. The van der Waals surface area contributed by atoms with Gasteiger partial charge in [-0.1, -0.05) is 127 Å². The standard InChI is InChI=1S/C55H32N4O3/c1-2-16-36(17-3-1)59(43-22-13-27-48-52(43)40-20-8-11-25-46(40)61-48)37-31-42(51-39-19-7-10-24-45(39)62-49(51)32-37)55-57-53(35-29-28-33-14-4-5-15-34(33)30-35)56-54(58-55)41-21-12-26-47-50(41)38-18-6-9-23-44(38)60-47/h1-32H. The van der Waals surface area contributed by atoms with Crippen LogP contribution in [0.1, 0.15) is 0 Å². The lowest BCUT2D eigenvalue weighted by molar-refractivity contribution is 0.668. The van der Waals surface area contributed by atoms with Gasteiger partial charge in [-0.15, -0.1) is 0 Å². The van der Waals surface area contributed by atoms with E-state index < -0.39 is 0 Å². The SMILES string of the molecule is c1ccc(N(c2cc(-c3nc(-c4ccc5ccccc5c4)nc(-c4cccc5oc6ccccc6c45)n3)c3c(c2)oc2ccccc23)c2cccc3oc4ccccc4c23)cc1. The Morgan fingerprint density at radius 2 is 0.855 bits per heavy atom. The van der Waals surface area contributed by atoms with E-state index in [4.69, 9.17) is 28.2 Å². The van der Waals surface area contributed by atoms with Crippen molar-refractivity contribution in [2.45, 2.75) is 0 Å². The highest BCUT2D eigenvalue weighted by Crippen LogP contribution is 2.47. The summed E-state index contributed by atoms with van der Waals surface area (Å²) in [7, 11) is 0. The molecule has 62 heavy (non-hydrogen) atoms. The van der Waals surface area contributed by atoms with Crippen LogP contribution in [-0.2, 0) is 0 Å². The highest BCUT2D eigenvalue weighted by molar-refractivity contribution is 6.16. The van der Waals surface area contributed by atoms with Gasteiger partial charge in [0, 0.05) is 55.4 Å². The number of furan rings is 3. The summed E-state index contributed by atoms with van der Waals surface area (Å²) < 4.78 is 19.6. The van der Waals surface area contributed by atoms with Crippen LogP contribution < -0.4 is 4.90 Å². The third-order valence-corrected chi connectivity index (χ3v) is 11.9. The van der Waals surface area contributed by atoms with Crippen molar-refractivity contribution in [3.8, 4) is 34.2 Å². The Bertz CT molecular complexity index is 3900. The molecule has 7 nitrogen and oxygen atoms in total. The second-order valence-electron chi connectivity index (χ2n) is 15.5. The van der Waals surface area contributed by atoms with Crippen molar-refractivity contribution in [2.75, 3.05) is 4.90 Å². The van der Waals surface area contributed by atoms with E-state index >= 15 is 0 Å². The number of benzene rings is 9.